The molecule has 0 aliphatic heterocycles. The van der Waals surface area contributed by atoms with E-state index in [1.54, 1.807) is 0 Å². The number of rotatable bonds is 2. The quantitative estimate of drug-likeness (QED) is 0.819. The normalized spacial score (nSPS) is 14.2. The summed E-state index contributed by atoms with van der Waals surface area (Å²) in [5.41, 5.74) is 1.66. The van der Waals surface area contributed by atoms with Crippen molar-refractivity contribution < 1.29 is 0 Å². The lowest BCUT2D eigenvalue weighted by Crippen LogP contribution is -2.29. The van der Waals surface area contributed by atoms with Gasteiger partial charge in [-0.1, -0.05) is 39.0 Å². The molecule has 0 amide bonds. The summed E-state index contributed by atoms with van der Waals surface area (Å²) in [5, 5.41) is 7.12. The summed E-state index contributed by atoms with van der Waals surface area (Å²) in [6.45, 7) is 6.84. The van der Waals surface area contributed by atoms with Crippen LogP contribution in [-0.2, 0) is 0 Å². The van der Waals surface area contributed by atoms with Gasteiger partial charge in [0, 0.05) is 10.7 Å². The Bertz CT molecular complexity index is 479. The van der Waals surface area contributed by atoms with Gasteiger partial charge < -0.3 is 5.32 Å². The van der Waals surface area contributed by atoms with E-state index in [4.69, 9.17) is 0 Å². The first-order chi connectivity index (χ1) is 7.54. The highest BCUT2D eigenvalue weighted by molar-refractivity contribution is 7.17. The van der Waals surface area contributed by atoms with Crippen molar-refractivity contribution in [2.45, 2.75) is 26.8 Å². The van der Waals surface area contributed by atoms with Crippen LogP contribution < -0.4 is 5.32 Å². The van der Waals surface area contributed by atoms with Gasteiger partial charge in [0.15, 0.2) is 0 Å². The molecule has 0 saturated heterocycles. The number of thiophene rings is 1. The summed E-state index contributed by atoms with van der Waals surface area (Å²) in [6, 6.07) is 9.04. The molecule has 0 aliphatic rings. The van der Waals surface area contributed by atoms with Gasteiger partial charge in [-0.2, -0.15) is 0 Å². The predicted molar refractivity (Wildman–Crippen MR) is 73.1 cm³/mol. The van der Waals surface area contributed by atoms with Crippen molar-refractivity contribution in [3.05, 3.63) is 35.2 Å². The minimum atomic E-state index is 0.235. The summed E-state index contributed by atoms with van der Waals surface area (Å²) in [4.78, 5) is 0. The van der Waals surface area contributed by atoms with Crippen LogP contribution in [0.15, 0.2) is 29.6 Å². The van der Waals surface area contributed by atoms with Gasteiger partial charge in [0.1, 0.15) is 0 Å². The molecule has 2 rings (SSSR count). The van der Waals surface area contributed by atoms with Gasteiger partial charge in [0.05, 0.1) is 0 Å². The molecular weight excluding hydrogens is 214 g/mol. The Labute approximate surface area is 101 Å². The van der Waals surface area contributed by atoms with E-state index in [0.717, 1.165) is 0 Å². The Morgan fingerprint density at radius 3 is 2.50 bits per heavy atom. The SMILES string of the molecule is CNC(c1csc2ccccc12)C(C)(C)C. The molecule has 1 heterocycles. The summed E-state index contributed by atoms with van der Waals surface area (Å²) in [6.07, 6.45) is 0. The molecule has 1 aromatic heterocycles. The monoisotopic (exact) mass is 233 g/mol. The van der Waals surface area contributed by atoms with Gasteiger partial charge in [-0.15, -0.1) is 11.3 Å². The molecule has 0 saturated carbocycles. The maximum absolute atomic E-state index is 3.44. The highest BCUT2D eigenvalue weighted by Crippen LogP contribution is 2.38. The van der Waals surface area contributed by atoms with E-state index in [1.807, 2.05) is 18.4 Å². The average Bonchev–Trinajstić information content (AvgIpc) is 2.61. The van der Waals surface area contributed by atoms with Crippen LogP contribution in [-0.4, -0.2) is 7.05 Å². The molecular formula is C14H19NS. The van der Waals surface area contributed by atoms with Gasteiger partial charge in [0.2, 0.25) is 0 Å². The third-order valence-corrected chi connectivity index (χ3v) is 3.96. The second kappa shape index (κ2) is 4.19. The van der Waals surface area contributed by atoms with E-state index in [0.29, 0.717) is 6.04 Å². The number of hydrogen-bond donors (Lipinski definition) is 1. The fraction of sp³-hybridized carbons (Fsp3) is 0.429. The Morgan fingerprint density at radius 2 is 1.88 bits per heavy atom. The molecule has 1 unspecified atom stereocenters. The van der Waals surface area contributed by atoms with E-state index >= 15 is 0 Å². The molecule has 2 aromatic rings. The van der Waals surface area contributed by atoms with Crippen LogP contribution in [0.1, 0.15) is 32.4 Å². The molecule has 1 nitrogen and oxygen atoms in total. The molecule has 1 aromatic carbocycles. The Balaban J connectivity index is 2.54. The number of benzene rings is 1. The van der Waals surface area contributed by atoms with Gasteiger partial charge in [-0.05, 0) is 34.9 Å². The molecule has 86 valence electrons. The molecule has 0 radical (unpaired) electrons. The van der Waals surface area contributed by atoms with E-state index in [2.05, 4.69) is 55.7 Å². The van der Waals surface area contributed by atoms with Crippen molar-refractivity contribution in [2.75, 3.05) is 7.05 Å². The van der Waals surface area contributed by atoms with Gasteiger partial charge >= 0.3 is 0 Å². The number of nitrogens with one attached hydrogen (secondary N) is 1. The molecule has 0 spiro atoms. The minimum absolute atomic E-state index is 0.235. The zero-order chi connectivity index (χ0) is 11.8. The Hall–Kier alpha value is -0.860. The molecule has 0 bridgehead atoms. The van der Waals surface area contributed by atoms with E-state index in [9.17, 15) is 0 Å². The zero-order valence-electron chi connectivity index (χ0n) is 10.4. The molecule has 0 aliphatic carbocycles. The van der Waals surface area contributed by atoms with Crippen LogP contribution in [0.3, 0.4) is 0 Å². The Kier molecular flexibility index (Phi) is 3.04. The van der Waals surface area contributed by atoms with Crippen LogP contribution in [0.4, 0.5) is 0 Å². The van der Waals surface area contributed by atoms with Crippen molar-refractivity contribution in [1.82, 2.24) is 5.32 Å². The largest absolute Gasteiger partial charge is 0.313 e. The molecule has 1 atom stereocenters. The summed E-state index contributed by atoms with van der Waals surface area (Å²) >= 11 is 1.83. The molecule has 16 heavy (non-hydrogen) atoms. The van der Waals surface area contributed by atoms with Crippen LogP contribution >= 0.6 is 11.3 Å². The van der Waals surface area contributed by atoms with E-state index < -0.39 is 0 Å². The first kappa shape index (κ1) is 11.6. The fourth-order valence-electron chi connectivity index (χ4n) is 2.28. The second-order valence-electron chi connectivity index (χ2n) is 5.27. The third-order valence-electron chi connectivity index (χ3n) is 2.98. The van der Waals surface area contributed by atoms with Crippen molar-refractivity contribution >= 4 is 21.4 Å². The lowest BCUT2D eigenvalue weighted by atomic mass is 9.82. The van der Waals surface area contributed by atoms with Crippen LogP contribution in [0, 0.1) is 5.41 Å². The van der Waals surface area contributed by atoms with Crippen molar-refractivity contribution in [3.63, 3.8) is 0 Å². The van der Waals surface area contributed by atoms with Gasteiger partial charge in [-0.3, -0.25) is 0 Å². The average molecular weight is 233 g/mol. The van der Waals surface area contributed by atoms with E-state index in [-0.39, 0.29) is 5.41 Å². The number of fused-ring (bicyclic) bond motifs is 1. The van der Waals surface area contributed by atoms with E-state index in [1.165, 1.54) is 15.6 Å². The standard InChI is InChI=1S/C14H19NS/c1-14(2,3)13(15-4)11-9-16-12-8-6-5-7-10(11)12/h5-9,13,15H,1-4H3. The summed E-state index contributed by atoms with van der Waals surface area (Å²) in [5.74, 6) is 0. The molecule has 1 N–H and O–H groups in total. The smallest absolute Gasteiger partial charge is 0.0381 e. The van der Waals surface area contributed by atoms with Crippen LogP contribution in [0.5, 0.6) is 0 Å². The van der Waals surface area contributed by atoms with Crippen LogP contribution in [0.25, 0.3) is 10.1 Å². The Morgan fingerprint density at radius 1 is 1.19 bits per heavy atom. The van der Waals surface area contributed by atoms with Crippen molar-refractivity contribution in [1.29, 1.82) is 0 Å². The maximum atomic E-state index is 3.44. The zero-order valence-corrected chi connectivity index (χ0v) is 11.2. The van der Waals surface area contributed by atoms with Crippen LogP contribution in [0.2, 0.25) is 0 Å². The maximum Gasteiger partial charge on any atom is 0.0381 e. The van der Waals surface area contributed by atoms with Crippen molar-refractivity contribution in [3.8, 4) is 0 Å². The minimum Gasteiger partial charge on any atom is -0.313 e. The summed E-state index contributed by atoms with van der Waals surface area (Å²) < 4.78 is 1.38. The fourth-order valence-corrected chi connectivity index (χ4v) is 3.26. The summed E-state index contributed by atoms with van der Waals surface area (Å²) in [7, 11) is 2.04. The van der Waals surface area contributed by atoms with Gasteiger partial charge in [-0.25, -0.2) is 0 Å². The molecule has 0 fully saturated rings. The first-order valence-electron chi connectivity index (χ1n) is 5.67. The lowest BCUT2D eigenvalue weighted by molar-refractivity contribution is 0.289. The topological polar surface area (TPSA) is 12.0 Å². The first-order valence-corrected chi connectivity index (χ1v) is 6.55. The van der Waals surface area contributed by atoms with Crippen molar-refractivity contribution in [2.24, 2.45) is 5.41 Å². The number of hydrogen-bond acceptors (Lipinski definition) is 2. The predicted octanol–water partition coefficient (Wildman–Crippen LogP) is 4.21. The highest BCUT2D eigenvalue weighted by atomic mass is 32.1. The third kappa shape index (κ3) is 2.00. The second-order valence-corrected chi connectivity index (χ2v) is 6.19. The molecule has 2 heteroatoms. The lowest BCUT2D eigenvalue weighted by Gasteiger charge is -2.30. The highest BCUT2D eigenvalue weighted by Gasteiger charge is 2.26. The van der Waals surface area contributed by atoms with Gasteiger partial charge in [0.25, 0.3) is 0 Å².